The maximum Gasteiger partial charge on any atom is 0.258 e. The molecule has 3 aromatic rings. The van der Waals surface area contributed by atoms with E-state index in [1.807, 2.05) is 47.1 Å². The van der Waals surface area contributed by atoms with E-state index in [1.165, 1.54) is 0 Å². The van der Waals surface area contributed by atoms with E-state index in [-0.39, 0.29) is 0 Å². The van der Waals surface area contributed by atoms with Crippen LogP contribution in [0.1, 0.15) is 0 Å². The Hall–Kier alpha value is -2.36. The van der Waals surface area contributed by atoms with Gasteiger partial charge in [0.1, 0.15) is 0 Å². The molecule has 4 nitrogen and oxygen atoms in total. The number of imidazole rings is 1. The molecule has 0 N–H and O–H groups in total. The van der Waals surface area contributed by atoms with E-state index < -0.39 is 0 Å². The predicted octanol–water partition coefficient (Wildman–Crippen LogP) is 2.40. The van der Waals surface area contributed by atoms with E-state index in [2.05, 4.69) is 9.97 Å². The van der Waals surface area contributed by atoms with Crippen LogP contribution in [-0.4, -0.2) is 21.5 Å². The topological polar surface area (TPSA) is 39.4 Å². The number of aromatic nitrogens is 3. The lowest BCUT2D eigenvalue weighted by Crippen LogP contribution is -1.96. The third-order valence-electron chi connectivity index (χ3n) is 2.61. The minimum Gasteiger partial charge on any atom is -0.478 e. The lowest BCUT2D eigenvalue weighted by atomic mass is 10.2. The number of fused-ring (bicyclic) bond motifs is 1. The van der Waals surface area contributed by atoms with Crippen LogP contribution < -0.4 is 4.74 Å². The van der Waals surface area contributed by atoms with Crippen molar-refractivity contribution in [2.75, 3.05) is 7.11 Å². The molecule has 0 atom stereocenters. The van der Waals surface area contributed by atoms with Crippen molar-refractivity contribution in [3.63, 3.8) is 0 Å². The fraction of sp³-hybridized carbons (Fsp3) is 0.0769. The molecule has 17 heavy (non-hydrogen) atoms. The van der Waals surface area contributed by atoms with Gasteiger partial charge in [0.25, 0.3) is 5.88 Å². The molecule has 84 valence electrons. The minimum absolute atomic E-state index is 0.538. The number of hydrogen-bond acceptors (Lipinski definition) is 3. The summed E-state index contributed by atoms with van der Waals surface area (Å²) in [7, 11) is 1.60. The van der Waals surface area contributed by atoms with E-state index in [9.17, 15) is 0 Å². The van der Waals surface area contributed by atoms with E-state index in [0.29, 0.717) is 5.88 Å². The summed E-state index contributed by atoms with van der Waals surface area (Å²) in [4.78, 5) is 8.66. The molecular formula is C13H11N3O. The highest BCUT2D eigenvalue weighted by Gasteiger charge is 2.08. The van der Waals surface area contributed by atoms with Gasteiger partial charge in [0.15, 0.2) is 5.65 Å². The van der Waals surface area contributed by atoms with Crippen molar-refractivity contribution in [1.82, 2.24) is 14.4 Å². The van der Waals surface area contributed by atoms with E-state index >= 15 is 0 Å². The average molecular weight is 225 g/mol. The van der Waals surface area contributed by atoms with Crippen LogP contribution in [0.2, 0.25) is 0 Å². The van der Waals surface area contributed by atoms with Gasteiger partial charge in [-0.25, -0.2) is 9.97 Å². The maximum atomic E-state index is 5.25. The van der Waals surface area contributed by atoms with Gasteiger partial charge in [-0.2, -0.15) is 0 Å². The molecule has 2 aromatic heterocycles. The third kappa shape index (κ3) is 1.63. The summed E-state index contributed by atoms with van der Waals surface area (Å²) in [6.07, 6.45) is 5.56. The zero-order valence-electron chi connectivity index (χ0n) is 9.37. The quantitative estimate of drug-likeness (QED) is 0.672. The summed E-state index contributed by atoms with van der Waals surface area (Å²) >= 11 is 0. The van der Waals surface area contributed by atoms with Gasteiger partial charge in [-0.15, -0.1) is 0 Å². The predicted molar refractivity (Wildman–Crippen MR) is 65.0 cm³/mol. The Labute approximate surface area is 98.5 Å². The molecule has 4 heteroatoms. The van der Waals surface area contributed by atoms with Gasteiger partial charge in [0.05, 0.1) is 12.8 Å². The van der Waals surface area contributed by atoms with Crippen molar-refractivity contribution in [1.29, 1.82) is 0 Å². The lowest BCUT2D eigenvalue weighted by Gasteiger charge is -2.05. The van der Waals surface area contributed by atoms with Gasteiger partial charge in [0.2, 0.25) is 0 Å². The SMILES string of the molecule is COc1nc(-c2ccccc2)cn2ccnc12. The molecule has 0 saturated carbocycles. The Morgan fingerprint density at radius 1 is 1.18 bits per heavy atom. The Morgan fingerprint density at radius 2 is 2.00 bits per heavy atom. The Bertz CT molecular complexity index is 646. The second kappa shape index (κ2) is 3.90. The van der Waals surface area contributed by atoms with Crippen LogP contribution in [0.5, 0.6) is 5.88 Å². The van der Waals surface area contributed by atoms with Crippen LogP contribution in [0.4, 0.5) is 0 Å². The number of rotatable bonds is 2. The van der Waals surface area contributed by atoms with Gasteiger partial charge >= 0.3 is 0 Å². The lowest BCUT2D eigenvalue weighted by molar-refractivity contribution is 0.400. The molecule has 0 fully saturated rings. The van der Waals surface area contributed by atoms with Crippen molar-refractivity contribution < 1.29 is 4.74 Å². The van der Waals surface area contributed by atoms with Gasteiger partial charge in [-0.05, 0) is 0 Å². The van der Waals surface area contributed by atoms with Crippen molar-refractivity contribution >= 4 is 5.65 Å². The summed E-state index contributed by atoms with van der Waals surface area (Å²) < 4.78 is 7.16. The highest BCUT2D eigenvalue weighted by atomic mass is 16.5. The monoisotopic (exact) mass is 225 g/mol. The van der Waals surface area contributed by atoms with Crippen LogP contribution in [-0.2, 0) is 0 Å². The largest absolute Gasteiger partial charge is 0.478 e. The Balaban J connectivity index is 2.24. The maximum absolute atomic E-state index is 5.25. The molecule has 0 spiro atoms. The third-order valence-corrected chi connectivity index (χ3v) is 2.61. The Kier molecular flexibility index (Phi) is 2.26. The normalized spacial score (nSPS) is 10.6. The van der Waals surface area contributed by atoms with Crippen molar-refractivity contribution in [2.24, 2.45) is 0 Å². The van der Waals surface area contributed by atoms with E-state index in [4.69, 9.17) is 4.74 Å². The molecule has 0 unspecified atom stereocenters. The highest BCUT2D eigenvalue weighted by Crippen LogP contribution is 2.22. The fourth-order valence-electron chi connectivity index (χ4n) is 1.79. The first-order valence-corrected chi connectivity index (χ1v) is 5.31. The second-order valence-corrected chi connectivity index (χ2v) is 3.66. The van der Waals surface area contributed by atoms with E-state index in [0.717, 1.165) is 16.9 Å². The van der Waals surface area contributed by atoms with Crippen molar-refractivity contribution in [3.8, 4) is 17.1 Å². The zero-order chi connectivity index (χ0) is 11.7. The van der Waals surface area contributed by atoms with Crippen LogP contribution in [0.15, 0.2) is 48.9 Å². The number of benzene rings is 1. The summed E-state index contributed by atoms with van der Waals surface area (Å²) in [5.74, 6) is 0.538. The van der Waals surface area contributed by atoms with Crippen LogP contribution in [0.25, 0.3) is 16.9 Å². The van der Waals surface area contributed by atoms with Gasteiger partial charge in [0, 0.05) is 24.2 Å². The number of nitrogens with zero attached hydrogens (tertiary/aromatic N) is 3. The molecule has 0 aliphatic rings. The first-order valence-electron chi connectivity index (χ1n) is 5.31. The molecule has 2 heterocycles. The molecule has 0 saturated heterocycles. The molecule has 0 aliphatic carbocycles. The van der Waals surface area contributed by atoms with Gasteiger partial charge < -0.3 is 9.14 Å². The number of ether oxygens (including phenoxy) is 1. The standard InChI is InChI=1S/C13H11N3O/c1-17-13-12-14-7-8-16(12)9-11(15-13)10-5-3-2-4-6-10/h2-9H,1H3. The van der Waals surface area contributed by atoms with Crippen LogP contribution in [0.3, 0.4) is 0 Å². The minimum atomic E-state index is 0.538. The molecule has 0 amide bonds. The average Bonchev–Trinajstić information content (AvgIpc) is 2.86. The summed E-state index contributed by atoms with van der Waals surface area (Å²) in [6.45, 7) is 0. The number of methoxy groups -OCH3 is 1. The molecule has 0 radical (unpaired) electrons. The zero-order valence-corrected chi connectivity index (χ0v) is 9.37. The number of hydrogen-bond donors (Lipinski definition) is 0. The molecular weight excluding hydrogens is 214 g/mol. The first-order chi connectivity index (χ1) is 8.38. The summed E-state index contributed by atoms with van der Waals surface area (Å²) in [6, 6.07) is 9.99. The van der Waals surface area contributed by atoms with Crippen LogP contribution in [0, 0.1) is 0 Å². The molecule has 0 aliphatic heterocycles. The first kappa shape index (κ1) is 9.84. The summed E-state index contributed by atoms with van der Waals surface area (Å²) in [5.41, 5.74) is 2.65. The van der Waals surface area contributed by atoms with Crippen molar-refractivity contribution in [2.45, 2.75) is 0 Å². The Morgan fingerprint density at radius 3 is 2.76 bits per heavy atom. The molecule has 1 aromatic carbocycles. The summed E-state index contributed by atoms with van der Waals surface area (Å²) in [5, 5.41) is 0. The van der Waals surface area contributed by atoms with E-state index in [1.54, 1.807) is 13.3 Å². The van der Waals surface area contributed by atoms with Crippen molar-refractivity contribution in [3.05, 3.63) is 48.9 Å². The van der Waals surface area contributed by atoms with Gasteiger partial charge in [-0.3, -0.25) is 0 Å². The smallest absolute Gasteiger partial charge is 0.258 e. The molecule has 0 bridgehead atoms. The van der Waals surface area contributed by atoms with Gasteiger partial charge in [-0.1, -0.05) is 30.3 Å². The second-order valence-electron chi connectivity index (χ2n) is 3.66. The van der Waals surface area contributed by atoms with Crippen LogP contribution >= 0.6 is 0 Å². The fourth-order valence-corrected chi connectivity index (χ4v) is 1.79. The highest BCUT2D eigenvalue weighted by molar-refractivity contribution is 5.62. The molecule has 3 rings (SSSR count).